The molecule has 6 nitrogen and oxygen atoms in total. The normalized spacial score (nSPS) is 11.9. The lowest BCUT2D eigenvalue weighted by molar-refractivity contribution is -0.140. The molecule has 0 bridgehead atoms. The van der Waals surface area contributed by atoms with E-state index in [1.165, 1.54) is 12.1 Å². The Labute approximate surface area is 95.9 Å². The third-order valence-corrected chi connectivity index (χ3v) is 2.08. The molecule has 1 rings (SSSR count). The van der Waals surface area contributed by atoms with Crippen molar-refractivity contribution in [3.63, 3.8) is 0 Å². The maximum Gasteiger partial charge on any atom is 0.328 e. The first-order valence-corrected chi connectivity index (χ1v) is 4.66. The number of carbonyl (C=O) groups excluding carboxylic acids is 1. The number of nitrogens with two attached hydrogens (primary N) is 1. The molecule has 0 radical (unpaired) electrons. The second kappa shape index (κ2) is 5.26. The van der Waals surface area contributed by atoms with Crippen molar-refractivity contribution in [3.8, 4) is 0 Å². The van der Waals surface area contributed by atoms with Crippen LogP contribution < -0.4 is 11.1 Å². The van der Waals surface area contributed by atoms with E-state index < -0.39 is 30.3 Å². The van der Waals surface area contributed by atoms with Crippen molar-refractivity contribution < 1.29 is 24.2 Å². The quantitative estimate of drug-likeness (QED) is 0.536. The molecular formula is C10H11FN2O4. The molecule has 7 heteroatoms. The molecule has 1 aromatic rings. The summed E-state index contributed by atoms with van der Waals surface area (Å²) in [6.45, 7) is -0.768. The molecule has 1 atom stereocenters. The lowest BCUT2D eigenvalue weighted by Crippen LogP contribution is -2.43. The zero-order valence-corrected chi connectivity index (χ0v) is 8.68. The Kier molecular flexibility index (Phi) is 4.00. The summed E-state index contributed by atoms with van der Waals surface area (Å²) >= 11 is 0. The summed E-state index contributed by atoms with van der Waals surface area (Å²) in [6.07, 6.45) is 0. The summed E-state index contributed by atoms with van der Waals surface area (Å²) in [5.74, 6) is -3.02. The summed E-state index contributed by atoms with van der Waals surface area (Å²) in [7, 11) is 0. The van der Waals surface area contributed by atoms with Gasteiger partial charge in [0, 0.05) is 0 Å². The van der Waals surface area contributed by atoms with Crippen molar-refractivity contribution in [3.05, 3.63) is 29.6 Å². The molecule has 0 fully saturated rings. The van der Waals surface area contributed by atoms with Crippen LogP contribution in [0.3, 0.4) is 0 Å². The number of halogens is 1. The Hall–Kier alpha value is -2.15. The minimum Gasteiger partial charge on any atom is -0.480 e. The van der Waals surface area contributed by atoms with Crippen molar-refractivity contribution in [1.82, 2.24) is 5.32 Å². The predicted molar refractivity (Wildman–Crippen MR) is 56.8 cm³/mol. The number of nitrogen functional groups attached to an aromatic ring is 1. The van der Waals surface area contributed by atoms with Gasteiger partial charge in [-0.1, -0.05) is 6.07 Å². The fraction of sp³-hybridized carbons (Fsp3) is 0.200. The number of carboxylic acid groups (broad SMARTS) is 1. The van der Waals surface area contributed by atoms with E-state index in [0.717, 1.165) is 6.07 Å². The standard InChI is InChI=1S/C10H11FN2O4/c11-6-3-1-2-5(8(6)12)9(15)13-7(4-14)10(16)17/h1-3,7,14H,4,12H2,(H,13,15)(H,16,17)/t7-/m0/s1. The summed E-state index contributed by atoms with van der Waals surface area (Å²) in [6, 6.07) is 2.15. The van der Waals surface area contributed by atoms with Crippen molar-refractivity contribution in [1.29, 1.82) is 0 Å². The third kappa shape index (κ3) is 2.91. The van der Waals surface area contributed by atoms with Gasteiger partial charge < -0.3 is 21.3 Å². The topological polar surface area (TPSA) is 113 Å². The third-order valence-electron chi connectivity index (χ3n) is 2.08. The van der Waals surface area contributed by atoms with Crippen LogP contribution in [0.25, 0.3) is 0 Å². The van der Waals surface area contributed by atoms with Crippen LogP contribution in [0.2, 0.25) is 0 Å². The number of rotatable bonds is 4. The molecule has 5 N–H and O–H groups in total. The summed E-state index contributed by atoms with van der Waals surface area (Å²) < 4.78 is 13.0. The number of amides is 1. The summed E-state index contributed by atoms with van der Waals surface area (Å²) in [5, 5.41) is 19.3. The molecule has 0 aliphatic carbocycles. The Morgan fingerprint density at radius 2 is 2.12 bits per heavy atom. The van der Waals surface area contributed by atoms with Gasteiger partial charge in [0.1, 0.15) is 5.82 Å². The van der Waals surface area contributed by atoms with Crippen LogP contribution in [0.15, 0.2) is 18.2 Å². The lowest BCUT2D eigenvalue weighted by Gasteiger charge is -2.12. The van der Waals surface area contributed by atoms with Gasteiger partial charge in [-0.15, -0.1) is 0 Å². The SMILES string of the molecule is Nc1c(F)cccc1C(=O)N[C@@H](CO)C(=O)O. The number of para-hydroxylation sites is 1. The van der Waals surface area contributed by atoms with E-state index in [-0.39, 0.29) is 11.3 Å². The Morgan fingerprint density at radius 1 is 1.47 bits per heavy atom. The fourth-order valence-corrected chi connectivity index (χ4v) is 1.16. The lowest BCUT2D eigenvalue weighted by atomic mass is 10.1. The van der Waals surface area contributed by atoms with Crippen molar-refractivity contribution >= 4 is 17.6 Å². The van der Waals surface area contributed by atoms with Crippen molar-refractivity contribution in [2.24, 2.45) is 0 Å². The second-order valence-corrected chi connectivity index (χ2v) is 3.25. The Morgan fingerprint density at radius 3 is 2.65 bits per heavy atom. The first-order chi connectivity index (χ1) is 7.97. The van der Waals surface area contributed by atoms with E-state index in [2.05, 4.69) is 0 Å². The van der Waals surface area contributed by atoms with Gasteiger partial charge in [-0.3, -0.25) is 4.79 Å². The molecule has 1 aromatic carbocycles. The van der Waals surface area contributed by atoms with Gasteiger partial charge in [-0.2, -0.15) is 0 Å². The van der Waals surface area contributed by atoms with E-state index in [0.29, 0.717) is 0 Å². The zero-order chi connectivity index (χ0) is 13.0. The summed E-state index contributed by atoms with van der Waals surface area (Å²) in [4.78, 5) is 22.1. The highest BCUT2D eigenvalue weighted by Gasteiger charge is 2.21. The number of hydrogen-bond donors (Lipinski definition) is 4. The van der Waals surface area contributed by atoms with E-state index >= 15 is 0 Å². The van der Waals surface area contributed by atoms with Gasteiger partial charge in [0.25, 0.3) is 5.91 Å². The molecule has 0 unspecified atom stereocenters. The van der Waals surface area contributed by atoms with Crippen LogP contribution in [-0.2, 0) is 4.79 Å². The van der Waals surface area contributed by atoms with Gasteiger partial charge >= 0.3 is 5.97 Å². The molecule has 0 spiro atoms. The van der Waals surface area contributed by atoms with Crippen LogP contribution in [0.1, 0.15) is 10.4 Å². The minimum absolute atomic E-state index is 0.176. The first-order valence-electron chi connectivity index (χ1n) is 4.66. The van der Waals surface area contributed by atoms with Crippen LogP contribution in [-0.4, -0.2) is 34.7 Å². The molecule has 0 aliphatic heterocycles. The van der Waals surface area contributed by atoms with Gasteiger partial charge in [0.15, 0.2) is 6.04 Å². The molecule has 0 heterocycles. The molecule has 0 saturated carbocycles. The number of carboxylic acids is 1. The number of nitrogens with one attached hydrogen (secondary N) is 1. The maximum atomic E-state index is 13.0. The average Bonchev–Trinajstić information content (AvgIpc) is 2.28. The zero-order valence-electron chi connectivity index (χ0n) is 8.68. The Bertz CT molecular complexity index is 450. The number of benzene rings is 1. The highest BCUT2D eigenvalue weighted by molar-refractivity contribution is 6.00. The highest BCUT2D eigenvalue weighted by Crippen LogP contribution is 2.15. The Balaban J connectivity index is 2.90. The maximum absolute atomic E-state index is 13.0. The van der Waals surface area contributed by atoms with Crippen LogP contribution in [0.4, 0.5) is 10.1 Å². The molecule has 17 heavy (non-hydrogen) atoms. The molecule has 0 saturated heterocycles. The van der Waals surface area contributed by atoms with Gasteiger partial charge in [-0.05, 0) is 12.1 Å². The number of aliphatic carboxylic acids is 1. The van der Waals surface area contributed by atoms with Gasteiger partial charge in [-0.25, -0.2) is 9.18 Å². The molecule has 92 valence electrons. The van der Waals surface area contributed by atoms with E-state index in [9.17, 15) is 14.0 Å². The predicted octanol–water partition coefficient (Wildman–Crippen LogP) is -0.417. The molecule has 0 aromatic heterocycles. The van der Waals surface area contributed by atoms with Crippen LogP contribution in [0, 0.1) is 5.82 Å². The second-order valence-electron chi connectivity index (χ2n) is 3.25. The molecule has 1 amide bonds. The monoisotopic (exact) mass is 242 g/mol. The number of hydrogen-bond acceptors (Lipinski definition) is 4. The average molecular weight is 242 g/mol. The molecular weight excluding hydrogens is 231 g/mol. The van der Waals surface area contributed by atoms with Crippen LogP contribution in [0.5, 0.6) is 0 Å². The van der Waals surface area contributed by atoms with Crippen LogP contribution >= 0.6 is 0 Å². The van der Waals surface area contributed by atoms with E-state index in [1.54, 1.807) is 0 Å². The van der Waals surface area contributed by atoms with E-state index in [1.807, 2.05) is 5.32 Å². The van der Waals surface area contributed by atoms with Crippen molar-refractivity contribution in [2.45, 2.75) is 6.04 Å². The van der Waals surface area contributed by atoms with Gasteiger partial charge in [0.2, 0.25) is 0 Å². The molecule has 0 aliphatic rings. The number of aliphatic hydroxyl groups excluding tert-OH is 1. The summed E-state index contributed by atoms with van der Waals surface area (Å²) in [5.41, 5.74) is 4.79. The fourth-order valence-electron chi connectivity index (χ4n) is 1.16. The first kappa shape index (κ1) is 12.9. The number of aliphatic hydroxyl groups is 1. The van der Waals surface area contributed by atoms with Crippen molar-refractivity contribution in [2.75, 3.05) is 12.3 Å². The minimum atomic E-state index is -1.45. The van der Waals surface area contributed by atoms with E-state index in [4.69, 9.17) is 15.9 Å². The number of carbonyl (C=O) groups is 2. The smallest absolute Gasteiger partial charge is 0.328 e. The van der Waals surface area contributed by atoms with Gasteiger partial charge in [0.05, 0.1) is 17.9 Å². The highest BCUT2D eigenvalue weighted by atomic mass is 19.1. The number of anilines is 1. The largest absolute Gasteiger partial charge is 0.480 e.